The Bertz CT molecular complexity index is 2020. The number of hydrogen-bond donors (Lipinski definition) is 0. The molecule has 4 heterocycles. The Kier molecular flexibility index (Phi) is 6.45. The Balaban J connectivity index is 1.32. The number of benzene rings is 3. The van der Waals surface area contributed by atoms with Crippen LogP contribution in [0.15, 0.2) is 69.3 Å². The van der Waals surface area contributed by atoms with Crippen molar-refractivity contribution in [1.82, 2.24) is 4.57 Å². The predicted molar refractivity (Wildman–Crippen MR) is 166 cm³/mol. The quantitative estimate of drug-likeness (QED) is 0.258. The van der Waals surface area contributed by atoms with Crippen molar-refractivity contribution in [2.45, 2.75) is 38.8 Å². The molecule has 0 radical (unpaired) electrons. The molecule has 6 nitrogen and oxygen atoms in total. The zero-order valence-corrected chi connectivity index (χ0v) is 24.9. The summed E-state index contributed by atoms with van der Waals surface area (Å²) in [4.78, 5) is 16.8. The highest BCUT2D eigenvalue weighted by Crippen LogP contribution is 2.51. The molecule has 0 unspecified atom stereocenters. The maximum atomic E-state index is 13.5. The van der Waals surface area contributed by atoms with E-state index < -0.39 is 0 Å². The number of anilines is 1. The standard InChI is InChI=1S/C31H28N3O3S3/c1-4-32-21-12-11-19-9-7-8-10-20(19)30(21)40-28(32)17-29-34(6-3)31(35)25(38-29)13-14-27-33(5-2)22-15-23-24(37-18-36-23)16-26(22)39-27/h7-17H,4-6,18H2,1-3H3/q+1. The van der Waals surface area contributed by atoms with Crippen molar-refractivity contribution in [1.29, 1.82) is 0 Å². The molecule has 9 heteroatoms. The van der Waals surface area contributed by atoms with E-state index in [2.05, 4.69) is 77.9 Å². The van der Waals surface area contributed by atoms with E-state index in [0.29, 0.717) is 6.54 Å². The lowest BCUT2D eigenvalue weighted by Gasteiger charge is -2.17. The summed E-state index contributed by atoms with van der Waals surface area (Å²) in [5.74, 6) is 1.57. The van der Waals surface area contributed by atoms with Crippen LogP contribution in [0.2, 0.25) is 0 Å². The van der Waals surface area contributed by atoms with Gasteiger partial charge in [0.2, 0.25) is 12.3 Å². The van der Waals surface area contributed by atoms with Crippen molar-refractivity contribution in [3.05, 3.63) is 84.2 Å². The topological polar surface area (TPSA) is 47.6 Å². The number of thiazole rings is 2. The summed E-state index contributed by atoms with van der Waals surface area (Å²) in [5, 5.41) is 4.75. The molecule has 0 bridgehead atoms. The number of aromatic nitrogens is 2. The minimum absolute atomic E-state index is 0.0505. The molecule has 0 N–H and O–H groups in total. The van der Waals surface area contributed by atoms with Gasteiger partial charge in [0.15, 0.2) is 11.5 Å². The first-order chi connectivity index (χ1) is 19.6. The molecule has 0 atom stereocenters. The molecule has 0 saturated heterocycles. The summed E-state index contributed by atoms with van der Waals surface area (Å²) in [6.45, 7) is 8.91. The van der Waals surface area contributed by atoms with E-state index in [1.54, 1.807) is 34.4 Å². The highest BCUT2D eigenvalue weighted by atomic mass is 32.2. The van der Waals surface area contributed by atoms with Crippen LogP contribution in [-0.2, 0) is 13.1 Å². The summed E-state index contributed by atoms with van der Waals surface area (Å²) < 4.78 is 18.4. The first-order valence-electron chi connectivity index (χ1n) is 13.5. The van der Waals surface area contributed by atoms with Gasteiger partial charge < -0.3 is 14.4 Å². The van der Waals surface area contributed by atoms with Crippen molar-refractivity contribution >= 4 is 73.3 Å². The Morgan fingerprint density at radius 2 is 1.80 bits per heavy atom. The third-order valence-corrected chi connectivity index (χ3v) is 10.7. The fourth-order valence-electron chi connectivity index (χ4n) is 5.41. The van der Waals surface area contributed by atoms with Gasteiger partial charge in [-0.1, -0.05) is 47.4 Å². The average Bonchev–Trinajstić information content (AvgIpc) is 3.73. The van der Waals surface area contributed by atoms with E-state index in [9.17, 15) is 4.79 Å². The predicted octanol–water partition coefficient (Wildman–Crippen LogP) is 5.42. The molecule has 0 amide bonds. The van der Waals surface area contributed by atoms with Crippen LogP contribution < -0.4 is 33.7 Å². The lowest BCUT2D eigenvalue weighted by Crippen LogP contribution is -2.35. The number of thioether (sulfide) groups is 1. The normalized spacial score (nSPS) is 16.3. The van der Waals surface area contributed by atoms with Crippen LogP contribution in [0.4, 0.5) is 5.69 Å². The van der Waals surface area contributed by atoms with Crippen molar-refractivity contribution in [3.8, 4) is 11.5 Å². The van der Waals surface area contributed by atoms with Crippen LogP contribution in [-0.4, -0.2) is 17.9 Å². The highest BCUT2D eigenvalue weighted by molar-refractivity contribution is 8.03. The Morgan fingerprint density at radius 3 is 2.60 bits per heavy atom. The van der Waals surface area contributed by atoms with Gasteiger partial charge in [0.25, 0.3) is 10.6 Å². The lowest BCUT2D eigenvalue weighted by atomic mass is 10.1. The average molecular weight is 587 g/mol. The molecule has 0 fully saturated rings. The molecule has 202 valence electrons. The molecule has 5 aromatic rings. The summed E-state index contributed by atoms with van der Waals surface area (Å²) in [5.41, 5.74) is 2.40. The van der Waals surface area contributed by atoms with Crippen molar-refractivity contribution in [2.75, 3.05) is 18.2 Å². The van der Waals surface area contributed by atoms with Gasteiger partial charge in [-0.05, 0) is 44.4 Å². The van der Waals surface area contributed by atoms with Crippen LogP contribution in [0.1, 0.15) is 25.8 Å². The molecule has 2 aliphatic heterocycles. The van der Waals surface area contributed by atoms with Gasteiger partial charge in [0.05, 0.1) is 21.3 Å². The van der Waals surface area contributed by atoms with Crippen molar-refractivity contribution < 1.29 is 14.0 Å². The SMILES string of the molecule is CCN1C(=CC=c2sc(=Cc3sc4c5ccccc5ccc4[n+]3CC)n(CC)c2=O)Sc2cc3c(cc21)OCO3. The van der Waals surface area contributed by atoms with Crippen LogP contribution in [0, 0.1) is 0 Å². The van der Waals surface area contributed by atoms with E-state index in [1.807, 2.05) is 23.6 Å². The molecule has 40 heavy (non-hydrogen) atoms. The third-order valence-electron chi connectivity index (χ3n) is 7.36. The van der Waals surface area contributed by atoms with E-state index in [4.69, 9.17) is 9.47 Å². The Labute approximate surface area is 243 Å². The van der Waals surface area contributed by atoms with Gasteiger partial charge in [-0.3, -0.25) is 9.36 Å². The summed E-state index contributed by atoms with van der Waals surface area (Å²) >= 11 is 5.04. The van der Waals surface area contributed by atoms with Crippen LogP contribution in [0.5, 0.6) is 11.5 Å². The van der Waals surface area contributed by atoms with Crippen molar-refractivity contribution in [2.24, 2.45) is 0 Å². The fourth-order valence-corrected chi connectivity index (χ4v) is 8.98. The summed E-state index contributed by atoms with van der Waals surface area (Å²) in [6.07, 6.45) is 6.22. The number of nitrogens with zero attached hydrogens (tertiary/aromatic N) is 3. The summed E-state index contributed by atoms with van der Waals surface area (Å²) in [7, 11) is 0. The number of aryl methyl sites for hydroxylation is 1. The Hall–Kier alpha value is -3.53. The van der Waals surface area contributed by atoms with E-state index in [-0.39, 0.29) is 12.4 Å². The lowest BCUT2D eigenvalue weighted by molar-refractivity contribution is -0.665. The summed E-state index contributed by atoms with van der Waals surface area (Å²) in [6, 6.07) is 17.0. The first kappa shape index (κ1) is 25.4. The molecule has 0 aliphatic carbocycles. The maximum absolute atomic E-state index is 13.5. The zero-order chi connectivity index (χ0) is 27.4. The van der Waals surface area contributed by atoms with Crippen LogP contribution in [0.25, 0.3) is 33.1 Å². The molecular formula is C31H28N3O3S3+. The van der Waals surface area contributed by atoms with Gasteiger partial charge in [-0.2, -0.15) is 4.57 Å². The van der Waals surface area contributed by atoms with E-state index in [0.717, 1.165) is 54.4 Å². The number of fused-ring (bicyclic) bond motifs is 5. The van der Waals surface area contributed by atoms with Gasteiger partial charge in [0, 0.05) is 41.6 Å². The Morgan fingerprint density at radius 1 is 0.975 bits per heavy atom. The number of ether oxygens (including phenoxy) is 2. The van der Waals surface area contributed by atoms with Gasteiger partial charge in [-0.15, -0.1) is 11.3 Å². The second kappa shape index (κ2) is 10.1. The van der Waals surface area contributed by atoms with E-state index >= 15 is 0 Å². The molecule has 2 aromatic heterocycles. The zero-order valence-electron chi connectivity index (χ0n) is 22.5. The fraction of sp³-hybridized carbons (Fsp3) is 0.226. The van der Waals surface area contributed by atoms with Gasteiger partial charge >= 0.3 is 0 Å². The smallest absolute Gasteiger partial charge is 0.269 e. The minimum atomic E-state index is 0.0505. The number of hydrogen-bond acceptors (Lipinski definition) is 7. The highest BCUT2D eigenvalue weighted by Gasteiger charge is 2.28. The molecular weight excluding hydrogens is 559 g/mol. The second-order valence-electron chi connectivity index (χ2n) is 9.51. The molecule has 7 rings (SSSR count). The van der Waals surface area contributed by atoms with Gasteiger partial charge in [0.1, 0.15) is 15.9 Å². The van der Waals surface area contributed by atoms with Crippen LogP contribution in [0.3, 0.4) is 0 Å². The molecule has 0 saturated carbocycles. The third kappa shape index (κ3) is 4.06. The molecule has 3 aromatic carbocycles. The van der Waals surface area contributed by atoms with Crippen molar-refractivity contribution in [3.63, 3.8) is 0 Å². The number of allylic oxidation sites excluding steroid dienone is 1. The molecule has 0 spiro atoms. The van der Waals surface area contributed by atoms with Crippen LogP contribution >= 0.6 is 34.4 Å². The van der Waals surface area contributed by atoms with E-state index in [1.165, 1.54) is 21.0 Å². The van der Waals surface area contributed by atoms with Gasteiger partial charge in [-0.25, -0.2) is 0 Å². The maximum Gasteiger partial charge on any atom is 0.269 e. The number of rotatable bonds is 5. The second-order valence-corrected chi connectivity index (χ2v) is 12.7. The minimum Gasteiger partial charge on any atom is -0.454 e. The monoisotopic (exact) mass is 586 g/mol. The first-order valence-corrected chi connectivity index (χ1v) is 15.9. The largest absolute Gasteiger partial charge is 0.454 e. The molecule has 2 aliphatic rings.